The van der Waals surface area contributed by atoms with E-state index in [1.807, 2.05) is 25.1 Å². The molecule has 0 atom stereocenters. The number of hydrogen-bond acceptors (Lipinski definition) is 10. The van der Waals surface area contributed by atoms with Gasteiger partial charge in [0.25, 0.3) is 5.91 Å². The van der Waals surface area contributed by atoms with Gasteiger partial charge in [-0.15, -0.1) is 0 Å². The van der Waals surface area contributed by atoms with Crippen LogP contribution in [-0.4, -0.2) is 59.7 Å². The number of benzene rings is 6. The molecule has 0 radical (unpaired) electrons. The van der Waals surface area contributed by atoms with E-state index in [-0.39, 0.29) is 56.1 Å². The minimum Gasteiger partial charge on any atom is -0.508 e. The Bertz CT molecular complexity index is 3270. The van der Waals surface area contributed by atoms with Gasteiger partial charge in [-0.25, -0.2) is 9.59 Å². The number of anilines is 1. The van der Waals surface area contributed by atoms with Crippen LogP contribution in [0.25, 0.3) is 66.8 Å². The molecular formula is C46H32Cl2N4O10. The molecule has 0 saturated heterocycles. The predicted molar refractivity (Wildman–Crippen MR) is 233 cm³/mol. The number of carbonyl (C=O) groups excluding carboxylic acids is 2. The second kappa shape index (κ2) is 16.1. The lowest BCUT2D eigenvalue weighted by Gasteiger charge is -2.21. The summed E-state index contributed by atoms with van der Waals surface area (Å²) >= 11 is 13.6. The van der Waals surface area contributed by atoms with Crippen LogP contribution in [0.1, 0.15) is 36.6 Å². The normalized spacial score (nSPS) is 11.3. The van der Waals surface area contributed by atoms with Crippen molar-refractivity contribution in [1.29, 1.82) is 5.41 Å². The average Bonchev–Trinajstić information content (AvgIpc) is 3.23. The van der Waals surface area contributed by atoms with Crippen LogP contribution < -0.4 is 26.3 Å². The number of nitrogens with one attached hydrogen (secondary N) is 3. The lowest BCUT2D eigenvalue weighted by Crippen LogP contribution is -2.36. The highest BCUT2D eigenvalue weighted by atomic mass is 35.5. The summed E-state index contributed by atoms with van der Waals surface area (Å²) in [5, 5.41) is 44.8. The first-order chi connectivity index (χ1) is 29.6. The van der Waals surface area contributed by atoms with E-state index in [0.717, 1.165) is 5.69 Å². The van der Waals surface area contributed by atoms with Crippen molar-refractivity contribution >= 4 is 74.6 Å². The molecule has 6 N–H and O–H groups in total. The van der Waals surface area contributed by atoms with Gasteiger partial charge in [-0.2, -0.15) is 0 Å². The predicted octanol–water partition coefficient (Wildman–Crippen LogP) is 8.08. The number of phenolic OH excluding ortho intramolecular Hbond substituents is 1. The molecule has 0 spiro atoms. The van der Waals surface area contributed by atoms with Gasteiger partial charge < -0.3 is 45.1 Å². The van der Waals surface area contributed by atoms with E-state index in [9.17, 15) is 39.3 Å². The molecule has 62 heavy (non-hydrogen) atoms. The van der Waals surface area contributed by atoms with E-state index in [2.05, 4.69) is 10.6 Å². The maximum Gasteiger partial charge on any atom is 0.337 e. The molecular weight excluding hydrogens is 839 g/mol. The maximum absolute atomic E-state index is 13.5. The summed E-state index contributed by atoms with van der Waals surface area (Å²) in [6.07, 6.45) is 0. The highest BCUT2D eigenvalue weighted by Crippen LogP contribution is 2.47. The number of nitrogens with zero attached hydrogens (tertiary/aromatic N) is 1. The first-order valence-corrected chi connectivity index (χ1v) is 19.4. The summed E-state index contributed by atoms with van der Waals surface area (Å²) in [4.78, 5) is 66.2. The van der Waals surface area contributed by atoms with Crippen molar-refractivity contribution in [3.8, 4) is 50.7 Å². The van der Waals surface area contributed by atoms with Crippen LogP contribution >= 0.6 is 23.2 Å². The summed E-state index contributed by atoms with van der Waals surface area (Å²) in [7, 11) is 3.70. The fourth-order valence-corrected chi connectivity index (χ4v) is 8.04. The monoisotopic (exact) mass is 870 g/mol. The number of rotatable bonds is 10. The van der Waals surface area contributed by atoms with Gasteiger partial charge in [0.15, 0.2) is 5.43 Å². The van der Waals surface area contributed by atoms with Gasteiger partial charge in [-0.3, -0.25) is 14.4 Å². The molecule has 0 fully saturated rings. The summed E-state index contributed by atoms with van der Waals surface area (Å²) < 4.78 is 12.1. The number of hydrogen-bond donors (Lipinski definition) is 6. The largest absolute Gasteiger partial charge is 0.508 e. The van der Waals surface area contributed by atoms with E-state index < -0.39 is 40.9 Å². The van der Waals surface area contributed by atoms with Crippen LogP contribution in [0.2, 0.25) is 10.0 Å². The summed E-state index contributed by atoms with van der Waals surface area (Å²) in [5.41, 5.74) is 2.63. The fraction of sp³-hybridized carbons (Fsp3) is 0.0870. The van der Waals surface area contributed by atoms with Crippen molar-refractivity contribution in [2.45, 2.75) is 6.54 Å². The van der Waals surface area contributed by atoms with Crippen molar-refractivity contribution in [2.75, 3.05) is 25.5 Å². The van der Waals surface area contributed by atoms with E-state index in [1.54, 1.807) is 36.4 Å². The number of carbonyl (C=O) groups is 4. The standard InChI is InChI=1S/C46H32Cl2N4O10/c1-52(2)23-5-10-30-35(15-23)61-34-14-22(49)4-9-29(34)40(30)41-33(47)18-32(43(48)42(41)46(59)60)44(56)51-20-38(55)50-19-21-3-8-26(31(13-21)45(57)58)39-27-11-6-24(53)16-36(27)62-37-17-25(54)7-12-28(37)39/h3-18,49,53H,19-20H2,1-2H3,(H,50,55)(H,51,56)(H,57,58)(H,59,60). The SMILES string of the molecule is CN(C)c1ccc2c(-c3c(Cl)cc(C(=O)NCC(=O)NCc4ccc(-c5c6ccc(=O)cc-6oc6cc(O)ccc56)c(C(=O)O)c4)c(Cl)c3C(=O)O)c3ccc(=N)cc-3oc2c1. The van der Waals surface area contributed by atoms with Gasteiger partial charge in [0.2, 0.25) is 5.91 Å². The Hall–Kier alpha value is -7.68. The van der Waals surface area contributed by atoms with Crippen LogP contribution in [-0.2, 0) is 11.3 Å². The van der Waals surface area contributed by atoms with Crippen molar-refractivity contribution < 1.29 is 43.3 Å². The molecule has 2 aliphatic carbocycles. The highest BCUT2D eigenvalue weighted by molar-refractivity contribution is 6.41. The molecule has 0 unspecified atom stereocenters. The quantitative estimate of drug-likeness (QED) is 0.0721. The fourth-order valence-electron chi connectivity index (χ4n) is 7.43. The second-order valence-corrected chi connectivity index (χ2v) is 15.3. The topological polar surface area (TPSA) is 223 Å². The molecule has 0 saturated carbocycles. The Morgan fingerprint density at radius 3 is 2.08 bits per heavy atom. The van der Waals surface area contributed by atoms with E-state index in [4.69, 9.17) is 37.4 Å². The number of carboxylic acids is 2. The number of phenols is 1. The molecule has 4 aromatic carbocycles. The number of halogens is 2. The first-order valence-electron chi connectivity index (χ1n) is 18.7. The third kappa shape index (κ3) is 7.53. The second-order valence-electron chi connectivity index (χ2n) is 14.5. The molecule has 2 aliphatic heterocycles. The Morgan fingerprint density at radius 1 is 0.694 bits per heavy atom. The highest BCUT2D eigenvalue weighted by Gasteiger charge is 2.30. The summed E-state index contributed by atoms with van der Waals surface area (Å²) in [5.74, 6) is -3.91. The zero-order valence-corrected chi connectivity index (χ0v) is 34.1. The van der Waals surface area contributed by atoms with Gasteiger partial charge in [0, 0.05) is 89.2 Å². The first kappa shape index (κ1) is 41.1. The molecule has 4 aliphatic rings. The van der Waals surface area contributed by atoms with Crippen LogP contribution in [0, 0.1) is 5.41 Å². The van der Waals surface area contributed by atoms with Crippen molar-refractivity contribution in [2.24, 2.45) is 0 Å². The Balaban J connectivity index is 1.05. The van der Waals surface area contributed by atoms with E-state index >= 15 is 0 Å². The molecule has 8 rings (SSSR count). The molecule has 0 aromatic heterocycles. The van der Waals surface area contributed by atoms with Gasteiger partial charge >= 0.3 is 11.9 Å². The minimum atomic E-state index is -1.48. The van der Waals surface area contributed by atoms with Gasteiger partial charge in [-0.05, 0) is 71.8 Å². The molecule has 2 heterocycles. The van der Waals surface area contributed by atoms with Crippen molar-refractivity contribution in [3.63, 3.8) is 0 Å². The summed E-state index contributed by atoms with van der Waals surface area (Å²) in [6, 6.07) is 24.3. The van der Waals surface area contributed by atoms with E-state index in [1.165, 1.54) is 54.6 Å². The Kier molecular flexibility index (Phi) is 10.6. The van der Waals surface area contributed by atoms with Crippen LogP contribution in [0.5, 0.6) is 5.75 Å². The van der Waals surface area contributed by atoms with Crippen LogP contribution in [0.3, 0.4) is 0 Å². The average molecular weight is 872 g/mol. The molecule has 0 bridgehead atoms. The van der Waals surface area contributed by atoms with Gasteiger partial charge in [0.05, 0.1) is 38.6 Å². The van der Waals surface area contributed by atoms with E-state index in [0.29, 0.717) is 55.5 Å². The number of carboxylic acid groups (broad SMARTS) is 2. The van der Waals surface area contributed by atoms with Gasteiger partial charge in [-0.1, -0.05) is 35.3 Å². The minimum absolute atomic E-state index is 0.0193. The third-order valence-electron chi connectivity index (χ3n) is 10.3. The van der Waals surface area contributed by atoms with Gasteiger partial charge in [0.1, 0.15) is 28.4 Å². The zero-order chi connectivity index (χ0) is 44.1. The third-order valence-corrected chi connectivity index (χ3v) is 11.0. The smallest absolute Gasteiger partial charge is 0.337 e. The maximum atomic E-state index is 13.5. The van der Waals surface area contributed by atoms with Crippen molar-refractivity contribution in [1.82, 2.24) is 10.6 Å². The number of fused-ring (bicyclic) bond motifs is 4. The zero-order valence-electron chi connectivity index (χ0n) is 32.6. The molecule has 310 valence electrons. The Labute approximate surface area is 360 Å². The molecule has 16 heteroatoms. The number of aromatic hydroxyl groups is 1. The lowest BCUT2D eigenvalue weighted by atomic mass is 9.89. The number of aromatic carboxylic acids is 2. The van der Waals surface area contributed by atoms with Crippen LogP contribution in [0.4, 0.5) is 5.69 Å². The molecule has 2 amide bonds. The van der Waals surface area contributed by atoms with Crippen molar-refractivity contribution in [3.05, 3.63) is 145 Å². The Morgan fingerprint density at radius 2 is 1.35 bits per heavy atom. The molecule has 14 nitrogen and oxygen atoms in total. The lowest BCUT2D eigenvalue weighted by molar-refractivity contribution is -0.120. The van der Waals surface area contributed by atoms with Crippen LogP contribution in [0.15, 0.2) is 111 Å². The number of amides is 2. The summed E-state index contributed by atoms with van der Waals surface area (Å²) in [6.45, 7) is -0.707. The molecule has 4 aromatic rings.